The van der Waals surface area contributed by atoms with Gasteiger partial charge >= 0.3 is 5.97 Å². The number of aryl methyl sites for hydroxylation is 1. The van der Waals surface area contributed by atoms with Crippen LogP contribution >= 0.6 is 15.9 Å². The number of benzene rings is 2. The molecule has 4 nitrogen and oxygen atoms in total. The summed E-state index contributed by atoms with van der Waals surface area (Å²) >= 11 is 3.34. The van der Waals surface area contributed by atoms with Crippen LogP contribution in [0.2, 0.25) is 0 Å². The Morgan fingerprint density at radius 3 is 2.43 bits per heavy atom. The summed E-state index contributed by atoms with van der Waals surface area (Å²) in [5, 5.41) is 10.8. The number of alkyl halides is 1. The zero-order valence-electron chi connectivity index (χ0n) is 12.4. The quantitative estimate of drug-likeness (QED) is 0.710. The van der Waals surface area contributed by atoms with Gasteiger partial charge in [0.25, 0.3) is 5.56 Å². The Balaban J connectivity index is 2.54. The molecule has 116 valence electrons. The maximum atomic E-state index is 12.9. The molecule has 1 aromatic heterocycles. The molecule has 0 saturated heterocycles. The molecule has 0 saturated carbocycles. The lowest BCUT2D eigenvalue weighted by atomic mass is 10.0. The van der Waals surface area contributed by atoms with Crippen molar-refractivity contribution in [2.45, 2.75) is 12.3 Å². The SMILES string of the molecule is Cc1cccc(-n2c(CBr)c(C(=O)O)c3ccccc3c2=O)c1. The van der Waals surface area contributed by atoms with E-state index >= 15 is 0 Å². The molecule has 0 radical (unpaired) electrons. The van der Waals surface area contributed by atoms with E-state index in [0.717, 1.165) is 5.56 Å². The highest BCUT2D eigenvalue weighted by Gasteiger charge is 2.21. The fourth-order valence-corrected chi connectivity index (χ4v) is 3.33. The highest BCUT2D eigenvalue weighted by Crippen LogP contribution is 2.24. The molecule has 3 aromatic rings. The Bertz CT molecular complexity index is 976. The van der Waals surface area contributed by atoms with Crippen molar-refractivity contribution in [1.82, 2.24) is 4.57 Å². The maximum absolute atomic E-state index is 12.9. The lowest BCUT2D eigenvalue weighted by Crippen LogP contribution is -2.25. The minimum atomic E-state index is -1.04. The highest BCUT2D eigenvalue weighted by molar-refractivity contribution is 9.08. The van der Waals surface area contributed by atoms with E-state index in [9.17, 15) is 14.7 Å². The number of pyridine rings is 1. The number of nitrogens with zero attached hydrogens (tertiary/aromatic N) is 1. The third kappa shape index (κ3) is 2.57. The number of fused-ring (bicyclic) bond motifs is 1. The minimum Gasteiger partial charge on any atom is -0.478 e. The molecule has 1 heterocycles. The van der Waals surface area contributed by atoms with Crippen molar-refractivity contribution in [2.24, 2.45) is 0 Å². The number of halogens is 1. The molecule has 5 heteroatoms. The van der Waals surface area contributed by atoms with Gasteiger partial charge in [-0.25, -0.2) is 4.79 Å². The average Bonchev–Trinajstić information content (AvgIpc) is 2.54. The molecule has 0 atom stereocenters. The van der Waals surface area contributed by atoms with Gasteiger partial charge in [0, 0.05) is 21.8 Å². The first kappa shape index (κ1) is 15.5. The highest BCUT2D eigenvalue weighted by atomic mass is 79.9. The van der Waals surface area contributed by atoms with E-state index in [2.05, 4.69) is 15.9 Å². The maximum Gasteiger partial charge on any atom is 0.338 e. The molecule has 0 spiro atoms. The summed E-state index contributed by atoms with van der Waals surface area (Å²) in [5.41, 5.74) is 2.04. The number of aromatic carboxylic acids is 1. The van der Waals surface area contributed by atoms with Crippen molar-refractivity contribution in [2.75, 3.05) is 0 Å². The molecule has 3 rings (SSSR count). The molecule has 1 N–H and O–H groups in total. The Morgan fingerprint density at radius 2 is 1.83 bits per heavy atom. The number of aromatic nitrogens is 1. The van der Waals surface area contributed by atoms with Crippen LogP contribution in [0.25, 0.3) is 16.5 Å². The molecular formula is C18H14BrNO3. The largest absolute Gasteiger partial charge is 0.478 e. The Labute approximate surface area is 141 Å². The van der Waals surface area contributed by atoms with Gasteiger partial charge < -0.3 is 5.11 Å². The molecule has 0 aliphatic rings. The Kier molecular flexibility index (Phi) is 4.05. The van der Waals surface area contributed by atoms with Gasteiger partial charge in [-0.3, -0.25) is 9.36 Å². The van der Waals surface area contributed by atoms with E-state index in [1.165, 1.54) is 4.57 Å². The van der Waals surface area contributed by atoms with E-state index in [-0.39, 0.29) is 16.5 Å². The molecular weight excluding hydrogens is 358 g/mol. The van der Waals surface area contributed by atoms with Gasteiger partial charge in [-0.15, -0.1) is 0 Å². The van der Waals surface area contributed by atoms with Crippen molar-refractivity contribution < 1.29 is 9.90 Å². The van der Waals surface area contributed by atoms with Gasteiger partial charge in [0.15, 0.2) is 0 Å². The molecule has 23 heavy (non-hydrogen) atoms. The summed E-state index contributed by atoms with van der Waals surface area (Å²) in [6.07, 6.45) is 0. The second kappa shape index (κ2) is 6.01. The summed E-state index contributed by atoms with van der Waals surface area (Å²) < 4.78 is 1.48. The molecule has 0 aliphatic carbocycles. The van der Waals surface area contributed by atoms with Crippen LogP contribution < -0.4 is 5.56 Å². The van der Waals surface area contributed by atoms with Crippen LogP contribution in [0.5, 0.6) is 0 Å². The van der Waals surface area contributed by atoms with Crippen molar-refractivity contribution in [3.05, 3.63) is 75.7 Å². The standard InChI is InChI=1S/C18H14BrNO3/c1-11-5-4-6-12(9-11)20-15(10-19)16(18(22)23)13-7-2-3-8-14(13)17(20)21/h2-9H,10H2,1H3,(H,22,23). The zero-order chi connectivity index (χ0) is 16.6. The van der Waals surface area contributed by atoms with Crippen LogP contribution in [0.3, 0.4) is 0 Å². The second-order valence-corrected chi connectivity index (χ2v) is 5.85. The molecule has 2 aromatic carbocycles. The lowest BCUT2D eigenvalue weighted by Gasteiger charge is -2.16. The lowest BCUT2D eigenvalue weighted by molar-refractivity contribution is 0.0697. The van der Waals surface area contributed by atoms with Crippen LogP contribution in [-0.2, 0) is 5.33 Å². The monoisotopic (exact) mass is 371 g/mol. The van der Waals surface area contributed by atoms with E-state index < -0.39 is 5.97 Å². The fraction of sp³-hybridized carbons (Fsp3) is 0.111. The van der Waals surface area contributed by atoms with Gasteiger partial charge in [0.1, 0.15) is 0 Å². The van der Waals surface area contributed by atoms with E-state index in [0.29, 0.717) is 22.2 Å². The first-order chi connectivity index (χ1) is 11.0. The predicted octanol–water partition coefficient (Wildman–Crippen LogP) is 3.89. The Hall–Kier alpha value is -2.40. The zero-order valence-corrected chi connectivity index (χ0v) is 14.0. The van der Waals surface area contributed by atoms with Crippen LogP contribution in [0.15, 0.2) is 53.3 Å². The van der Waals surface area contributed by atoms with Crippen molar-refractivity contribution in [3.8, 4) is 5.69 Å². The first-order valence-electron chi connectivity index (χ1n) is 7.07. The van der Waals surface area contributed by atoms with Gasteiger partial charge in [-0.05, 0) is 30.7 Å². The first-order valence-corrected chi connectivity index (χ1v) is 8.19. The summed E-state index contributed by atoms with van der Waals surface area (Å²) in [5.74, 6) is -1.04. The average molecular weight is 372 g/mol. The van der Waals surface area contributed by atoms with Gasteiger partial charge in [0.2, 0.25) is 0 Å². The van der Waals surface area contributed by atoms with Crippen molar-refractivity contribution >= 4 is 32.7 Å². The molecule has 0 amide bonds. The van der Waals surface area contributed by atoms with E-state index in [1.54, 1.807) is 30.3 Å². The number of carboxylic acid groups (broad SMARTS) is 1. The van der Waals surface area contributed by atoms with Crippen molar-refractivity contribution in [1.29, 1.82) is 0 Å². The molecule has 0 fully saturated rings. The smallest absolute Gasteiger partial charge is 0.338 e. The second-order valence-electron chi connectivity index (χ2n) is 5.29. The third-order valence-electron chi connectivity index (χ3n) is 3.79. The molecule has 0 aliphatic heterocycles. The van der Waals surface area contributed by atoms with Crippen LogP contribution in [-0.4, -0.2) is 15.6 Å². The van der Waals surface area contributed by atoms with Gasteiger partial charge in [-0.2, -0.15) is 0 Å². The fourth-order valence-electron chi connectivity index (χ4n) is 2.80. The summed E-state index contributed by atoms with van der Waals surface area (Å²) in [6.45, 7) is 1.93. The van der Waals surface area contributed by atoms with Crippen LogP contribution in [0.1, 0.15) is 21.6 Å². The number of rotatable bonds is 3. The van der Waals surface area contributed by atoms with E-state index in [1.807, 2.05) is 25.1 Å². The predicted molar refractivity (Wildman–Crippen MR) is 93.9 cm³/mol. The van der Waals surface area contributed by atoms with Gasteiger partial charge in [0.05, 0.1) is 11.3 Å². The van der Waals surface area contributed by atoms with Crippen LogP contribution in [0, 0.1) is 6.92 Å². The summed E-state index contributed by atoms with van der Waals surface area (Å²) in [4.78, 5) is 24.8. The number of hydrogen-bond acceptors (Lipinski definition) is 2. The molecule has 0 unspecified atom stereocenters. The molecule has 0 bridgehead atoms. The minimum absolute atomic E-state index is 0.151. The topological polar surface area (TPSA) is 59.3 Å². The number of carboxylic acids is 1. The summed E-state index contributed by atoms with van der Waals surface area (Å²) in [6, 6.07) is 14.3. The normalized spacial score (nSPS) is 10.9. The Morgan fingerprint density at radius 1 is 1.13 bits per heavy atom. The number of carbonyl (C=O) groups is 1. The van der Waals surface area contributed by atoms with Gasteiger partial charge in [-0.1, -0.05) is 46.3 Å². The summed E-state index contributed by atoms with van der Waals surface area (Å²) in [7, 11) is 0. The third-order valence-corrected chi connectivity index (χ3v) is 4.32. The van der Waals surface area contributed by atoms with Crippen molar-refractivity contribution in [3.63, 3.8) is 0 Å². The number of hydrogen-bond donors (Lipinski definition) is 1. The van der Waals surface area contributed by atoms with Crippen LogP contribution in [0.4, 0.5) is 0 Å². The van der Waals surface area contributed by atoms with E-state index in [4.69, 9.17) is 0 Å².